The Hall–Kier alpha value is -1.15. The average Bonchev–Trinajstić information content (AvgIpc) is 2.46. The van der Waals surface area contributed by atoms with Crippen LogP contribution in [0.25, 0.3) is 0 Å². The molecule has 0 aliphatic carbocycles. The summed E-state index contributed by atoms with van der Waals surface area (Å²) >= 11 is 0. The Bertz CT molecular complexity index is 557. The van der Waals surface area contributed by atoms with Crippen LogP contribution in [0.3, 0.4) is 0 Å². The van der Waals surface area contributed by atoms with Gasteiger partial charge < -0.3 is 9.84 Å². The van der Waals surface area contributed by atoms with Crippen LogP contribution >= 0.6 is 12.4 Å². The zero-order valence-electron chi connectivity index (χ0n) is 11.3. The van der Waals surface area contributed by atoms with Gasteiger partial charge in [0.1, 0.15) is 6.04 Å². The fourth-order valence-corrected chi connectivity index (χ4v) is 3.69. The molecular formula is C13H18ClNO5S. The lowest BCUT2D eigenvalue weighted by molar-refractivity contribution is -0.144. The lowest BCUT2D eigenvalue weighted by Crippen LogP contribution is -2.50. The van der Waals surface area contributed by atoms with Gasteiger partial charge in [0.15, 0.2) is 9.84 Å². The van der Waals surface area contributed by atoms with Crippen LogP contribution in [0.1, 0.15) is 0 Å². The second-order valence-electron chi connectivity index (χ2n) is 4.60. The molecule has 0 saturated carbocycles. The smallest absolute Gasteiger partial charge is 0.321 e. The molecule has 1 saturated heterocycles. The molecule has 1 fully saturated rings. The van der Waals surface area contributed by atoms with E-state index >= 15 is 0 Å². The zero-order chi connectivity index (χ0) is 14.6. The van der Waals surface area contributed by atoms with Crippen molar-refractivity contribution in [3.05, 3.63) is 30.3 Å². The minimum absolute atomic E-state index is 0. The largest absolute Gasteiger partial charge is 0.480 e. The van der Waals surface area contributed by atoms with Crippen molar-refractivity contribution in [2.24, 2.45) is 0 Å². The number of carbonyl (C=O) groups is 1. The van der Waals surface area contributed by atoms with E-state index in [0.717, 1.165) is 0 Å². The highest BCUT2D eigenvalue weighted by Crippen LogP contribution is 2.15. The van der Waals surface area contributed by atoms with Crippen LogP contribution in [0.15, 0.2) is 35.2 Å². The van der Waals surface area contributed by atoms with Gasteiger partial charge in [-0.1, -0.05) is 18.2 Å². The normalized spacial score (nSPS) is 17.7. The Kier molecular flexibility index (Phi) is 6.60. The zero-order valence-corrected chi connectivity index (χ0v) is 13.0. The molecule has 0 aromatic heterocycles. The summed E-state index contributed by atoms with van der Waals surface area (Å²) in [7, 11) is -3.62. The predicted octanol–water partition coefficient (Wildman–Crippen LogP) is 0.667. The summed E-state index contributed by atoms with van der Waals surface area (Å²) < 4.78 is 29.7. The highest BCUT2D eigenvalue weighted by atomic mass is 35.5. The Labute approximate surface area is 130 Å². The number of rotatable bonds is 5. The Morgan fingerprint density at radius 1 is 1.24 bits per heavy atom. The Morgan fingerprint density at radius 2 is 1.81 bits per heavy atom. The highest BCUT2D eigenvalue weighted by Gasteiger charge is 2.32. The van der Waals surface area contributed by atoms with E-state index in [2.05, 4.69) is 0 Å². The molecule has 1 unspecified atom stereocenters. The van der Waals surface area contributed by atoms with Crippen molar-refractivity contribution >= 4 is 28.2 Å². The maximum atomic E-state index is 12.3. The molecule has 0 spiro atoms. The standard InChI is InChI=1S/C13H17NO5S.ClH/c15-13(16)12(14-6-8-19-9-7-14)10-20(17,18)11-4-2-1-3-5-11;/h1-5,12H,6-10H2,(H,15,16);1H. The van der Waals surface area contributed by atoms with Gasteiger partial charge in [-0.05, 0) is 12.1 Å². The van der Waals surface area contributed by atoms with Crippen molar-refractivity contribution in [3.8, 4) is 0 Å². The van der Waals surface area contributed by atoms with Gasteiger partial charge in [-0.3, -0.25) is 9.69 Å². The predicted molar refractivity (Wildman–Crippen MR) is 79.6 cm³/mol. The van der Waals surface area contributed by atoms with E-state index in [4.69, 9.17) is 4.74 Å². The SMILES string of the molecule is Cl.O=C(O)C(CS(=O)(=O)c1ccccc1)N1CCOCC1. The number of hydrogen-bond acceptors (Lipinski definition) is 5. The number of sulfone groups is 1. The summed E-state index contributed by atoms with van der Waals surface area (Å²) in [4.78, 5) is 13.2. The first-order valence-electron chi connectivity index (χ1n) is 6.33. The maximum Gasteiger partial charge on any atom is 0.321 e. The van der Waals surface area contributed by atoms with E-state index in [-0.39, 0.29) is 17.3 Å². The number of nitrogens with zero attached hydrogens (tertiary/aromatic N) is 1. The highest BCUT2D eigenvalue weighted by molar-refractivity contribution is 7.91. The van der Waals surface area contributed by atoms with Gasteiger partial charge in [-0.25, -0.2) is 8.42 Å². The Balaban J connectivity index is 0.00000220. The Morgan fingerprint density at radius 3 is 2.33 bits per heavy atom. The number of carboxylic acids is 1. The average molecular weight is 336 g/mol. The number of morpholine rings is 1. The number of hydrogen-bond donors (Lipinski definition) is 1. The van der Waals surface area contributed by atoms with Gasteiger partial charge in [-0.2, -0.15) is 0 Å². The minimum atomic E-state index is -3.62. The number of halogens is 1. The monoisotopic (exact) mass is 335 g/mol. The molecule has 8 heteroatoms. The molecule has 1 heterocycles. The molecular weight excluding hydrogens is 318 g/mol. The first kappa shape index (κ1) is 17.9. The van der Waals surface area contributed by atoms with Crippen molar-refractivity contribution in [2.45, 2.75) is 10.9 Å². The molecule has 21 heavy (non-hydrogen) atoms. The van der Waals surface area contributed by atoms with Crippen molar-refractivity contribution in [3.63, 3.8) is 0 Å². The molecule has 1 aliphatic rings. The molecule has 1 aliphatic heterocycles. The van der Waals surface area contributed by atoms with Crippen LogP contribution in [0.4, 0.5) is 0 Å². The molecule has 2 rings (SSSR count). The van der Waals surface area contributed by atoms with Crippen LogP contribution in [-0.4, -0.2) is 62.5 Å². The summed E-state index contributed by atoms with van der Waals surface area (Å²) in [6.07, 6.45) is 0. The molecule has 1 N–H and O–H groups in total. The summed E-state index contributed by atoms with van der Waals surface area (Å²) in [6.45, 7) is 1.72. The number of benzene rings is 1. The topological polar surface area (TPSA) is 83.9 Å². The minimum Gasteiger partial charge on any atom is -0.480 e. The quantitative estimate of drug-likeness (QED) is 0.851. The lowest BCUT2D eigenvalue weighted by Gasteiger charge is -2.31. The third-order valence-corrected chi connectivity index (χ3v) is 5.00. The molecule has 0 bridgehead atoms. The van der Waals surface area contributed by atoms with E-state index in [9.17, 15) is 18.3 Å². The van der Waals surface area contributed by atoms with Gasteiger partial charge in [0.05, 0.1) is 23.9 Å². The summed E-state index contributed by atoms with van der Waals surface area (Å²) in [5, 5.41) is 9.29. The molecule has 0 radical (unpaired) electrons. The summed E-state index contributed by atoms with van der Waals surface area (Å²) in [6, 6.07) is 6.88. The third-order valence-electron chi connectivity index (χ3n) is 3.25. The first-order chi connectivity index (χ1) is 9.50. The van der Waals surface area contributed by atoms with Crippen LogP contribution < -0.4 is 0 Å². The third kappa shape index (κ3) is 4.67. The molecule has 1 aromatic carbocycles. The van der Waals surface area contributed by atoms with E-state index in [1.54, 1.807) is 23.1 Å². The fourth-order valence-electron chi connectivity index (χ4n) is 2.15. The summed E-state index contributed by atoms with van der Waals surface area (Å²) in [5.74, 6) is -1.54. The molecule has 1 atom stereocenters. The van der Waals surface area contributed by atoms with Crippen molar-refractivity contribution in [2.75, 3.05) is 32.1 Å². The second kappa shape index (κ2) is 7.74. The van der Waals surface area contributed by atoms with Gasteiger partial charge in [-0.15, -0.1) is 12.4 Å². The van der Waals surface area contributed by atoms with E-state index < -0.39 is 27.6 Å². The number of aliphatic carboxylic acids is 1. The first-order valence-corrected chi connectivity index (χ1v) is 7.98. The van der Waals surface area contributed by atoms with Crippen molar-refractivity contribution < 1.29 is 23.1 Å². The van der Waals surface area contributed by atoms with E-state index in [1.807, 2.05) is 0 Å². The van der Waals surface area contributed by atoms with E-state index in [0.29, 0.717) is 26.3 Å². The van der Waals surface area contributed by atoms with Gasteiger partial charge >= 0.3 is 5.97 Å². The lowest BCUT2D eigenvalue weighted by atomic mass is 10.2. The van der Waals surface area contributed by atoms with Crippen molar-refractivity contribution in [1.29, 1.82) is 0 Å². The van der Waals surface area contributed by atoms with Crippen LogP contribution in [0.5, 0.6) is 0 Å². The molecule has 6 nitrogen and oxygen atoms in total. The maximum absolute atomic E-state index is 12.3. The van der Waals surface area contributed by atoms with E-state index in [1.165, 1.54) is 12.1 Å². The van der Waals surface area contributed by atoms with Crippen molar-refractivity contribution in [1.82, 2.24) is 4.90 Å². The second-order valence-corrected chi connectivity index (χ2v) is 6.63. The summed E-state index contributed by atoms with van der Waals surface area (Å²) in [5.41, 5.74) is 0. The van der Waals surface area contributed by atoms with Gasteiger partial charge in [0.2, 0.25) is 0 Å². The van der Waals surface area contributed by atoms with Gasteiger partial charge in [0, 0.05) is 13.1 Å². The number of ether oxygens (including phenoxy) is 1. The molecule has 118 valence electrons. The van der Waals surface area contributed by atoms with Crippen LogP contribution in [-0.2, 0) is 19.4 Å². The van der Waals surface area contributed by atoms with Gasteiger partial charge in [0.25, 0.3) is 0 Å². The van der Waals surface area contributed by atoms with Crippen LogP contribution in [0.2, 0.25) is 0 Å². The fraction of sp³-hybridized carbons (Fsp3) is 0.462. The van der Waals surface area contributed by atoms with Crippen LogP contribution in [0, 0.1) is 0 Å². The molecule has 1 aromatic rings. The molecule has 0 amide bonds. The number of carboxylic acid groups (broad SMARTS) is 1.